The van der Waals surface area contributed by atoms with E-state index in [2.05, 4.69) is 6.92 Å². The van der Waals surface area contributed by atoms with Crippen molar-refractivity contribution >= 4 is 12.5 Å². The second kappa shape index (κ2) is 9.20. The summed E-state index contributed by atoms with van der Waals surface area (Å²) in [6, 6.07) is 5.54. The fraction of sp³-hybridized carbons (Fsp3) is 0.438. The van der Waals surface area contributed by atoms with Crippen LogP contribution in [0.2, 0.25) is 0 Å². The van der Waals surface area contributed by atoms with Crippen molar-refractivity contribution in [2.24, 2.45) is 0 Å². The fourth-order valence-electron chi connectivity index (χ4n) is 1.79. The van der Waals surface area contributed by atoms with Gasteiger partial charge >= 0.3 is 0 Å². The van der Waals surface area contributed by atoms with E-state index in [1.807, 2.05) is 31.2 Å². The number of hydrogen-bond donors (Lipinski definition) is 0. The van der Waals surface area contributed by atoms with Gasteiger partial charge in [0, 0.05) is 11.6 Å². The van der Waals surface area contributed by atoms with E-state index in [0.29, 0.717) is 18.8 Å². The monoisotopic (exact) mass is 262 g/mol. The lowest BCUT2D eigenvalue weighted by atomic mass is 10.2. The van der Waals surface area contributed by atoms with Crippen LogP contribution in [0.5, 0.6) is 11.5 Å². The van der Waals surface area contributed by atoms with Crippen molar-refractivity contribution in [3.8, 4) is 11.5 Å². The number of rotatable bonds is 9. The number of hydrogen-bond acceptors (Lipinski definition) is 3. The van der Waals surface area contributed by atoms with Crippen molar-refractivity contribution in [3.63, 3.8) is 0 Å². The summed E-state index contributed by atoms with van der Waals surface area (Å²) in [4.78, 5) is 10.5. The molecule has 0 saturated carbocycles. The predicted molar refractivity (Wildman–Crippen MR) is 77.5 cm³/mol. The molecule has 0 radical (unpaired) electrons. The molecule has 3 heteroatoms. The van der Waals surface area contributed by atoms with Crippen molar-refractivity contribution in [1.82, 2.24) is 0 Å². The Labute approximate surface area is 115 Å². The minimum absolute atomic E-state index is 0.438. The van der Waals surface area contributed by atoms with E-state index in [1.54, 1.807) is 6.07 Å². The van der Waals surface area contributed by atoms with E-state index in [1.165, 1.54) is 19.3 Å². The van der Waals surface area contributed by atoms with Gasteiger partial charge in [0.1, 0.15) is 11.5 Å². The van der Waals surface area contributed by atoms with Gasteiger partial charge in [-0.05, 0) is 25.5 Å². The van der Waals surface area contributed by atoms with Gasteiger partial charge in [0.2, 0.25) is 0 Å². The van der Waals surface area contributed by atoms with Gasteiger partial charge < -0.3 is 9.47 Å². The smallest absolute Gasteiger partial charge is 0.298 e. The minimum Gasteiger partial charge on any atom is -0.493 e. The van der Waals surface area contributed by atoms with Crippen LogP contribution in [0.3, 0.4) is 0 Å². The third kappa shape index (κ3) is 5.60. The first-order chi connectivity index (χ1) is 9.31. The number of allylic oxidation sites excluding steroid dienone is 1. The highest BCUT2D eigenvalue weighted by molar-refractivity contribution is 5.62. The van der Waals surface area contributed by atoms with Gasteiger partial charge in [-0.2, -0.15) is 0 Å². The normalized spacial score (nSPS) is 10.6. The minimum atomic E-state index is 0.438. The molecular formula is C16H22O3. The van der Waals surface area contributed by atoms with Crippen LogP contribution in [0.1, 0.15) is 45.1 Å². The molecule has 0 N–H and O–H groups in total. The third-order valence-electron chi connectivity index (χ3n) is 2.77. The first-order valence-corrected chi connectivity index (χ1v) is 6.81. The largest absolute Gasteiger partial charge is 0.493 e. The molecule has 0 fully saturated rings. The first kappa shape index (κ1) is 15.3. The summed E-state index contributed by atoms with van der Waals surface area (Å²) >= 11 is 0. The zero-order chi connectivity index (χ0) is 13.9. The Morgan fingerprint density at radius 3 is 2.74 bits per heavy atom. The molecule has 3 nitrogen and oxygen atoms in total. The van der Waals surface area contributed by atoms with Crippen molar-refractivity contribution in [2.45, 2.75) is 39.5 Å². The Morgan fingerprint density at radius 1 is 1.21 bits per heavy atom. The second-order valence-electron chi connectivity index (χ2n) is 4.32. The van der Waals surface area contributed by atoms with Gasteiger partial charge in [0.05, 0.1) is 6.61 Å². The molecule has 104 valence electrons. The first-order valence-electron chi connectivity index (χ1n) is 6.81. The van der Waals surface area contributed by atoms with Gasteiger partial charge in [0.15, 0.2) is 0 Å². The summed E-state index contributed by atoms with van der Waals surface area (Å²) < 4.78 is 10.6. The van der Waals surface area contributed by atoms with Crippen molar-refractivity contribution in [3.05, 3.63) is 29.8 Å². The average Bonchev–Trinajstić information content (AvgIpc) is 2.42. The number of unbranched alkanes of at least 4 members (excludes halogenated alkanes) is 3. The molecule has 0 unspecified atom stereocenters. The van der Waals surface area contributed by atoms with Crippen molar-refractivity contribution in [1.29, 1.82) is 0 Å². The van der Waals surface area contributed by atoms with Gasteiger partial charge in [0.25, 0.3) is 6.47 Å². The Balaban J connectivity index is 2.59. The molecule has 0 bridgehead atoms. The van der Waals surface area contributed by atoms with Crippen molar-refractivity contribution < 1.29 is 14.3 Å². The average molecular weight is 262 g/mol. The van der Waals surface area contributed by atoms with Crippen LogP contribution >= 0.6 is 0 Å². The topological polar surface area (TPSA) is 35.5 Å². The zero-order valence-electron chi connectivity index (χ0n) is 11.7. The summed E-state index contributed by atoms with van der Waals surface area (Å²) in [6.07, 6.45) is 8.49. The zero-order valence-corrected chi connectivity index (χ0v) is 11.7. The van der Waals surface area contributed by atoms with Gasteiger partial charge in [-0.25, -0.2) is 0 Å². The number of ether oxygens (including phenoxy) is 2. The Hall–Kier alpha value is -1.77. The summed E-state index contributed by atoms with van der Waals surface area (Å²) in [5.41, 5.74) is 0.868. The maximum absolute atomic E-state index is 10.5. The summed E-state index contributed by atoms with van der Waals surface area (Å²) in [5, 5.41) is 0. The van der Waals surface area contributed by atoms with E-state index in [4.69, 9.17) is 9.47 Å². The summed E-state index contributed by atoms with van der Waals surface area (Å²) in [7, 11) is 0. The van der Waals surface area contributed by atoms with Gasteiger partial charge in [-0.1, -0.05) is 38.3 Å². The second-order valence-corrected chi connectivity index (χ2v) is 4.32. The van der Waals surface area contributed by atoms with Crippen LogP contribution < -0.4 is 9.47 Å². The third-order valence-corrected chi connectivity index (χ3v) is 2.77. The maximum atomic E-state index is 10.5. The van der Waals surface area contributed by atoms with Crippen LogP contribution in [0.25, 0.3) is 6.08 Å². The molecular weight excluding hydrogens is 240 g/mol. The van der Waals surface area contributed by atoms with E-state index >= 15 is 0 Å². The Bertz CT molecular complexity index is 410. The van der Waals surface area contributed by atoms with Crippen LogP contribution in [-0.2, 0) is 4.79 Å². The van der Waals surface area contributed by atoms with Crippen molar-refractivity contribution in [2.75, 3.05) is 6.61 Å². The lowest BCUT2D eigenvalue weighted by Gasteiger charge is -2.09. The van der Waals surface area contributed by atoms with E-state index < -0.39 is 0 Å². The highest BCUT2D eigenvalue weighted by atomic mass is 16.5. The molecule has 1 aromatic carbocycles. The van der Waals surface area contributed by atoms with Crippen LogP contribution in [0.4, 0.5) is 0 Å². The molecule has 0 heterocycles. The number of carbonyl (C=O) groups excluding carboxylic acids is 1. The molecule has 1 rings (SSSR count). The molecule has 19 heavy (non-hydrogen) atoms. The van der Waals surface area contributed by atoms with E-state index in [-0.39, 0.29) is 0 Å². The molecule has 0 aromatic heterocycles. The lowest BCUT2D eigenvalue weighted by molar-refractivity contribution is -0.120. The molecule has 1 aromatic rings. The summed E-state index contributed by atoms with van der Waals surface area (Å²) in [5.74, 6) is 1.26. The SMILES string of the molecule is C/C=C\c1ccc(OCCCCCC)cc1OC=O. The van der Waals surface area contributed by atoms with E-state index in [0.717, 1.165) is 17.7 Å². The Kier molecular flexibility index (Phi) is 7.40. The standard InChI is InChI=1S/C16H22O3/c1-3-5-6-7-11-18-15-10-9-14(8-4-2)16(12-15)19-13-17/h4,8-10,12-13H,3,5-7,11H2,1-2H3/b8-4-. The molecule has 0 aliphatic heterocycles. The highest BCUT2D eigenvalue weighted by Crippen LogP contribution is 2.26. The maximum Gasteiger partial charge on any atom is 0.298 e. The molecule has 0 atom stereocenters. The molecule has 0 spiro atoms. The van der Waals surface area contributed by atoms with Crippen LogP contribution in [0, 0.1) is 0 Å². The van der Waals surface area contributed by atoms with Gasteiger partial charge in [-0.3, -0.25) is 4.79 Å². The quantitative estimate of drug-likeness (QED) is 0.494. The number of benzene rings is 1. The molecule has 0 aliphatic rings. The van der Waals surface area contributed by atoms with Gasteiger partial charge in [-0.15, -0.1) is 0 Å². The molecule has 0 amide bonds. The summed E-state index contributed by atoms with van der Waals surface area (Å²) in [6.45, 7) is 5.24. The molecule has 0 saturated heterocycles. The Morgan fingerprint density at radius 2 is 2.05 bits per heavy atom. The highest BCUT2D eigenvalue weighted by Gasteiger charge is 2.03. The number of carbonyl (C=O) groups is 1. The predicted octanol–water partition coefficient (Wildman–Crippen LogP) is 4.21. The fourth-order valence-corrected chi connectivity index (χ4v) is 1.79. The van der Waals surface area contributed by atoms with E-state index in [9.17, 15) is 4.79 Å². The van der Waals surface area contributed by atoms with Crippen LogP contribution in [-0.4, -0.2) is 13.1 Å². The lowest BCUT2D eigenvalue weighted by Crippen LogP contribution is -1.98. The molecule has 0 aliphatic carbocycles. The van der Waals surface area contributed by atoms with Crippen LogP contribution in [0.15, 0.2) is 24.3 Å².